The lowest BCUT2D eigenvalue weighted by Gasteiger charge is -2.29. The van der Waals surface area contributed by atoms with Crippen LogP contribution in [0.2, 0.25) is 0 Å². The second kappa shape index (κ2) is 25.8. The topological polar surface area (TPSA) is 296 Å². The van der Waals surface area contributed by atoms with Gasteiger partial charge in [0.05, 0.1) is 6.04 Å². The van der Waals surface area contributed by atoms with Crippen molar-refractivity contribution in [1.82, 2.24) is 26.6 Å². The zero-order valence-corrected chi connectivity index (χ0v) is 36.2. The van der Waals surface area contributed by atoms with Crippen molar-refractivity contribution in [2.45, 2.75) is 101 Å². The van der Waals surface area contributed by atoms with Gasteiger partial charge in [0.15, 0.2) is 0 Å². The van der Waals surface area contributed by atoms with Crippen molar-refractivity contribution in [2.24, 2.45) is 17.4 Å². The molecule has 0 saturated heterocycles. The first-order valence-electron chi connectivity index (χ1n) is 20.6. The molecule has 3 rings (SSSR count). The number of unbranched alkanes of at least 4 members (excludes halogenated alkanes) is 1. The van der Waals surface area contributed by atoms with Gasteiger partial charge >= 0.3 is 5.97 Å². The van der Waals surface area contributed by atoms with Gasteiger partial charge in [0.1, 0.15) is 47.5 Å². The summed E-state index contributed by atoms with van der Waals surface area (Å²) >= 11 is 1.53. The molecular formula is C44H61N7O10S. The summed E-state index contributed by atoms with van der Waals surface area (Å²) in [6, 6.07) is 10.4. The van der Waals surface area contributed by atoms with Gasteiger partial charge in [-0.05, 0) is 103 Å². The van der Waals surface area contributed by atoms with Crippen LogP contribution in [0, 0.1) is 5.92 Å². The van der Waals surface area contributed by atoms with Crippen molar-refractivity contribution in [3.63, 3.8) is 0 Å². The monoisotopic (exact) mass is 879 g/mol. The quantitative estimate of drug-likeness (QED) is 0.0512. The summed E-state index contributed by atoms with van der Waals surface area (Å²) in [5, 5.41) is 52.9. The number of phenols is 3. The van der Waals surface area contributed by atoms with E-state index in [1.165, 1.54) is 72.4 Å². The summed E-state index contributed by atoms with van der Waals surface area (Å²) in [5.41, 5.74) is 13.5. The molecule has 13 N–H and O–H groups in total. The molecule has 0 aliphatic carbocycles. The number of carboxylic acids is 1. The van der Waals surface area contributed by atoms with E-state index in [1.807, 2.05) is 13.2 Å². The maximum Gasteiger partial charge on any atom is 0.326 e. The third kappa shape index (κ3) is 16.9. The molecule has 0 heterocycles. The van der Waals surface area contributed by atoms with Crippen LogP contribution in [0.4, 0.5) is 0 Å². The Bertz CT molecular complexity index is 1920. The predicted molar refractivity (Wildman–Crippen MR) is 236 cm³/mol. The number of nitrogens with two attached hydrogens (primary N) is 2. The van der Waals surface area contributed by atoms with Gasteiger partial charge < -0.3 is 58.5 Å². The van der Waals surface area contributed by atoms with Crippen LogP contribution in [0.5, 0.6) is 17.2 Å². The number of amides is 5. The van der Waals surface area contributed by atoms with E-state index in [4.69, 9.17) is 11.5 Å². The second-order valence-corrected chi connectivity index (χ2v) is 16.2. The minimum atomic E-state index is -1.43. The molecule has 0 aliphatic rings. The predicted octanol–water partition coefficient (Wildman–Crippen LogP) is 1.60. The van der Waals surface area contributed by atoms with Gasteiger partial charge in [0.25, 0.3) is 0 Å². The Morgan fingerprint density at radius 2 is 0.984 bits per heavy atom. The zero-order chi connectivity index (χ0) is 45.8. The van der Waals surface area contributed by atoms with E-state index in [2.05, 4.69) is 26.6 Å². The number of hydrogen-bond donors (Lipinski definition) is 11. The number of hydrogen-bond acceptors (Lipinski definition) is 12. The van der Waals surface area contributed by atoms with Gasteiger partial charge in [-0.1, -0.05) is 56.7 Å². The lowest BCUT2D eigenvalue weighted by Crippen LogP contribution is -2.60. The molecule has 0 spiro atoms. The second-order valence-electron chi connectivity index (χ2n) is 15.2. The molecule has 5 amide bonds. The summed E-state index contributed by atoms with van der Waals surface area (Å²) in [5.74, 6) is -4.70. The summed E-state index contributed by atoms with van der Waals surface area (Å²) < 4.78 is 0. The van der Waals surface area contributed by atoms with Gasteiger partial charge in [-0.3, -0.25) is 24.0 Å². The van der Waals surface area contributed by atoms with Gasteiger partial charge in [-0.2, -0.15) is 11.8 Å². The number of carboxylic acid groups (broad SMARTS) is 1. The van der Waals surface area contributed by atoms with E-state index >= 15 is 0 Å². The molecule has 0 bridgehead atoms. The molecule has 17 nitrogen and oxygen atoms in total. The lowest BCUT2D eigenvalue weighted by atomic mass is 9.96. The fourth-order valence-electron chi connectivity index (χ4n) is 6.40. The van der Waals surface area contributed by atoms with Crippen LogP contribution >= 0.6 is 11.8 Å². The number of carbonyl (C=O) groups is 6. The van der Waals surface area contributed by atoms with E-state index in [-0.39, 0.29) is 55.4 Å². The van der Waals surface area contributed by atoms with E-state index in [0.29, 0.717) is 48.1 Å². The van der Waals surface area contributed by atoms with Crippen molar-refractivity contribution >= 4 is 47.3 Å². The highest BCUT2D eigenvalue weighted by molar-refractivity contribution is 7.98. The molecule has 0 saturated carbocycles. The molecule has 0 unspecified atom stereocenters. The molecule has 0 aromatic heterocycles. The number of phenolic OH excluding ortho intramolecular Hbond substituents is 3. The molecule has 0 fully saturated rings. The number of thioether (sulfide) groups is 1. The number of aromatic hydroxyl groups is 3. The van der Waals surface area contributed by atoms with E-state index in [0.717, 1.165) is 0 Å². The van der Waals surface area contributed by atoms with Crippen LogP contribution < -0.4 is 38.1 Å². The number of benzene rings is 3. The first-order chi connectivity index (χ1) is 29.5. The number of rotatable bonds is 26. The van der Waals surface area contributed by atoms with Crippen LogP contribution in [-0.4, -0.2) is 111 Å². The summed E-state index contributed by atoms with van der Waals surface area (Å²) in [4.78, 5) is 81.8. The highest BCUT2D eigenvalue weighted by Crippen LogP contribution is 2.17. The zero-order valence-electron chi connectivity index (χ0n) is 35.3. The Morgan fingerprint density at radius 3 is 1.40 bits per heavy atom. The first kappa shape index (κ1) is 50.5. The van der Waals surface area contributed by atoms with Gasteiger partial charge in [0, 0.05) is 19.3 Å². The molecule has 0 aliphatic heterocycles. The van der Waals surface area contributed by atoms with E-state index < -0.39 is 71.8 Å². The van der Waals surface area contributed by atoms with Crippen molar-refractivity contribution < 1.29 is 49.2 Å². The Labute approximate surface area is 366 Å². The minimum Gasteiger partial charge on any atom is -0.508 e. The largest absolute Gasteiger partial charge is 0.508 e. The van der Waals surface area contributed by atoms with Gasteiger partial charge in [-0.25, -0.2) is 4.79 Å². The molecule has 3 aromatic rings. The fraction of sp³-hybridized carbons (Fsp3) is 0.455. The van der Waals surface area contributed by atoms with Gasteiger partial charge in [-0.15, -0.1) is 0 Å². The van der Waals surface area contributed by atoms with Crippen LogP contribution in [0.25, 0.3) is 0 Å². The highest BCUT2D eigenvalue weighted by Gasteiger charge is 2.34. The Hall–Kier alpha value is -5.85. The van der Waals surface area contributed by atoms with Crippen LogP contribution in [-0.2, 0) is 48.0 Å². The van der Waals surface area contributed by atoms with Crippen molar-refractivity contribution in [2.75, 3.05) is 18.6 Å². The molecule has 338 valence electrons. The molecule has 62 heavy (non-hydrogen) atoms. The molecular weight excluding hydrogens is 819 g/mol. The molecule has 0 radical (unpaired) electrons. The number of carbonyl (C=O) groups excluding carboxylic acids is 5. The van der Waals surface area contributed by atoms with Crippen LogP contribution in [0.3, 0.4) is 0 Å². The Balaban J connectivity index is 1.94. The van der Waals surface area contributed by atoms with Crippen LogP contribution in [0.1, 0.15) is 62.6 Å². The lowest BCUT2D eigenvalue weighted by molar-refractivity contribution is -0.142. The van der Waals surface area contributed by atoms with Crippen LogP contribution in [0.15, 0.2) is 72.8 Å². The average Bonchev–Trinajstić information content (AvgIpc) is 3.25. The molecule has 7 atom stereocenters. The smallest absolute Gasteiger partial charge is 0.326 e. The summed E-state index contributed by atoms with van der Waals surface area (Å²) in [6.07, 6.45) is 3.36. The third-order valence-electron chi connectivity index (χ3n) is 10.4. The minimum absolute atomic E-state index is 0.0197. The normalized spacial score (nSPS) is 14.5. The van der Waals surface area contributed by atoms with E-state index in [1.54, 1.807) is 19.1 Å². The standard InChI is InChI=1S/C44H61N7O10S/c1-4-26(2)38(51-39(55)33(46)20-22-62-3)43(59)49-36(24-28-10-16-31(53)17-11-28)41(57)47-34(7-5-6-21-45)40(56)48-35(23-27-8-14-30(52)15-9-27)42(58)50-37(44(60)61)25-29-12-18-32(54)19-13-29/h8-19,26,33-38,52-54H,4-7,20-25,45-46H2,1-3H3,(H,47,57)(H,48,56)(H,49,59)(H,50,58)(H,51,55)(H,60,61)/t26-,33-,34-,35-,36-,37-,38-/m0/s1. The van der Waals surface area contributed by atoms with E-state index in [9.17, 15) is 49.2 Å². The molecule has 3 aromatic carbocycles. The molecule has 18 heteroatoms. The Morgan fingerprint density at radius 1 is 0.581 bits per heavy atom. The number of nitrogens with one attached hydrogen (secondary N) is 5. The highest BCUT2D eigenvalue weighted by atomic mass is 32.2. The van der Waals surface area contributed by atoms with Gasteiger partial charge in [0.2, 0.25) is 29.5 Å². The first-order valence-corrected chi connectivity index (χ1v) is 22.0. The van der Waals surface area contributed by atoms with Crippen molar-refractivity contribution in [3.05, 3.63) is 89.5 Å². The summed E-state index contributed by atoms with van der Waals surface area (Å²) in [7, 11) is 0. The van der Waals surface area contributed by atoms with Crippen molar-refractivity contribution in [1.29, 1.82) is 0 Å². The maximum absolute atomic E-state index is 14.3. The maximum atomic E-state index is 14.3. The fourth-order valence-corrected chi connectivity index (χ4v) is 6.89. The number of aliphatic carboxylic acids is 1. The summed E-state index contributed by atoms with van der Waals surface area (Å²) in [6.45, 7) is 3.92. The van der Waals surface area contributed by atoms with Crippen molar-refractivity contribution in [3.8, 4) is 17.2 Å². The Kier molecular flexibility index (Phi) is 21.0. The SMILES string of the molecule is CC[C@H](C)[C@H](NC(=O)[C@@H](N)CCSC)C(=O)N[C@@H](Cc1ccc(O)cc1)C(=O)N[C@@H](CCCCN)C(=O)N[C@@H](Cc1ccc(O)cc1)C(=O)N[C@@H](Cc1ccc(O)cc1)C(=O)O. The average molecular weight is 880 g/mol. The third-order valence-corrected chi connectivity index (χ3v) is 11.0.